The van der Waals surface area contributed by atoms with Gasteiger partial charge in [-0.15, -0.1) is 0 Å². The molecule has 0 saturated carbocycles. The smallest absolute Gasteiger partial charge is 0.255 e. The number of likely N-dealkylation sites (tertiary alicyclic amines) is 1. The molecule has 4 aromatic carbocycles. The fourth-order valence-electron chi connectivity index (χ4n) is 12.4. The Morgan fingerprint density at radius 1 is 0.595 bits per heavy atom. The molecule has 0 aromatic heterocycles. The van der Waals surface area contributed by atoms with Crippen molar-refractivity contribution in [2.24, 2.45) is 16.7 Å². The number of hydrogen-bond donors (Lipinski definition) is 8. The highest BCUT2D eigenvalue weighted by atomic mass is 16.2. The van der Waals surface area contributed by atoms with Crippen LogP contribution in [0.5, 0.6) is 0 Å². The number of benzene rings is 4. The molecular weight excluding hydrogens is 1060 g/mol. The minimum atomic E-state index is -0.987. The highest BCUT2D eigenvalue weighted by Gasteiger charge is 2.47. The topological polar surface area (TPSA) is 239 Å². The van der Waals surface area contributed by atoms with Gasteiger partial charge in [-0.25, -0.2) is 0 Å². The average Bonchev–Trinajstić information content (AvgIpc) is 4.09. The zero-order valence-electron chi connectivity index (χ0n) is 50.9. The van der Waals surface area contributed by atoms with E-state index in [1.165, 1.54) is 16.0 Å². The molecule has 84 heavy (non-hydrogen) atoms. The van der Waals surface area contributed by atoms with Crippen LogP contribution < -0.4 is 42.5 Å². The molecule has 450 valence electrons. The van der Waals surface area contributed by atoms with E-state index >= 15 is 0 Å². The molecule has 0 bridgehead atoms. The van der Waals surface area contributed by atoms with E-state index in [0.29, 0.717) is 12.2 Å². The minimum absolute atomic E-state index is 0.0201. The third-order valence-corrected chi connectivity index (χ3v) is 17.1. The van der Waals surface area contributed by atoms with Crippen molar-refractivity contribution in [2.75, 3.05) is 25.5 Å². The molecule has 8 amide bonds. The van der Waals surface area contributed by atoms with Gasteiger partial charge in [-0.05, 0) is 152 Å². The highest BCUT2D eigenvalue weighted by Crippen LogP contribution is 2.35. The Morgan fingerprint density at radius 2 is 1.12 bits per heavy atom. The van der Waals surface area contributed by atoms with Crippen LogP contribution in [0.2, 0.25) is 0 Å². The van der Waals surface area contributed by atoms with Gasteiger partial charge >= 0.3 is 0 Å². The van der Waals surface area contributed by atoms with Crippen LogP contribution in [0.1, 0.15) is 168 Å². The molecule has 8 rings (SSSR count). The lowest BCUT2D eigenvalue weighted by atomic mass is 9.83. The summed E-state index contributed by atoms with van der Waals surface area (Å²) in [6, 6.07) is 21.8. The molecule has 1 fully saturated rings. The second-order valence-electron chi connectivity index (χ2n) is 25.8. The maximum Gasteiger partial charge on any atom is 0.255 e. The molecule has 4 aliphatic rings. The van der Waals surface area contributed by atoms with Gasteiger partial charge in [0, 0.05) is 42.4 Å². The first-order chi connectivity index (χ1) is 39.9. The predicted octanol–water partition coefficient (Wildman–Crippen LogP) is 6.58. The lowest BCUT2D eigenvalue weighted by molar-refractivity contribution is -0.147. The van der Waals surface area contributed by atoms with E-state index in [1.54, 1.807) is 55.3 Å². The van der Waals surface area contributed by atoms with Gasteiger partial charge in [-0.1, -0.05) is 117 Å². The quantitative estimate of drug-likeness (QED) is 0.0533. The normalized spacial score (nSPS) is 20.8. The Bertz CT molecular complexity index is 3090. The van der Waals surface area contributed by atoms with Crippen molar-refractivity contribution < 1.29 is 38.4 Å². The minimum Gasteiger partial charge on any atom is -0.347 e. The molecule has 8 unspecified atom stereocenters. The first kappa shape index (κ1) is 62.6. The molecule has 8 N–H and O–H groups in total. The fourth-order valence-corrected chi connectivity index (χ4v) is 12.4. The lowest BCUT2D eigenvalue weighted by Gasteiger charge is -2.42. The van der Waals surface area contributed by atoms with Gasteiger partial charge in [-0.2, -0.15) is 0 Å². The third kappa shape index (κ3) is 14.5. The Balaban J connectivity index is 0.977. The van der Waals surface area contributed by atoms with E-state index in [4.69, 9.17) is 0 Å². The first-order valence-electron chi connectivity index (χ1n) is 30.1. The Hall–Kier alpha value is -7.44. The van der Waals surface area contributed by atoms with Gasteiger partial charge in [-0.3, -0.25) is 38.4 Å². The number of fused-ring (bicyclic) bond motifs is 3. The van der Waals surface area contributed by atoms with Crippen molar-refractivity contribution in [3.8, 4) is 0 Å². The summed E-state index contributed by atoms with van der Waals surface area (Å²) in [4.78, 5) is 117. The Labute approximate surface area is 495 Å². The molecule has 4 aromatic rings. The number of amides is 8. The highest BCUT2D eigenvalue weighted by molar-refractivity contribution is 6.05. The number of rotatable bonds is 18. The maximum absolute atomic E-state index is 15.0. The molecular formula is C66H88N10O8. The number of likely N-dealkylation sites (N-methyl/N-ethyl adjacent to an activating group) is 2. The van der Waals surface area contributed by atoms with Crippen LogP contribution in [-0.4, -0.2) is 119 Å². The van der Waals surface area contributed by atoms with Gasteiger partial charge in [0.05, 0.1) is 24.2 Å². The number of hydrogen-bond acceptors (Lipinski definition) is 10. The largest absolute Gasteiger partial charge is 0.347 e. The second-order valence-corrected chi connectivity index (χ2v) is 25.8. The SMILES string of the molecule is CCN[C@@H](C)C(=O)NC(C(=O)N1Cc2cc(NC(=O)c3ccc(C(=O)NC4CC(C(=O)NC5CCCc6ccccc65)N(C(=O)C(NC(=O)C(NC)C(C)C)C(C)(C)C)C4)cc3)ccc2CC1C(=O)NC1CCCc2ccccc21)C(C)(C)C. The van der Waals surface area contributed by atoms with Gasteiger partial charge in [0.1, 0.15) is 24.2 Å². The summed E-state index contributed by atoms with van der Waals surface area (Å²) in [5, 5.41) is 24.7. The van der Waals surface area contributed by atoms with Gasteiger partial charge in [0.15, 0.2) is 0 Å². The third-order valence-electron chi connectivity index (χ3n) is 17.1. The molecule has 2 aliphatic carbocycles. The number of carbonyl (C=O) groups excluding carboxylic acids is 8. The summed E-state index contributed by atoms with van der Waals surface area (Å²) < 4.78 is 0. The fraction of sp³-hybridized carbons (Fsp3) is 0.515. The van der Waals surface area contributed by atoms with E-state index < -0.39 is 76.8 Å². The summed E-state index contributed by atoms with van der Waals surface area (Å²) in [5.74, 6) is -3.06. The van der Waals surface area contributed by atoms with Crippen LogP contribution >= 0.6 is 0 Å². The van der Waals surface area contributed by atoms with E-state index in [0.717, 1.165) is 60.8 Å². The van der Waals surface area contributed by atoms with Crippen LogP contribution in [0.4, 0.5) is 5.69 Å². The molecule has 0 spiro atoms. The summed E-state index contributed by atoms with van der Waals surface area (Å²) in [6.07, 6.45) is 5.49. The van der Waals surface area contributed by atoms with Crippen molar-refractivity contribution in [1.29, 1.82) is 0 Å². The molecule has 1 saturated heterocycles. The Kier molecular flexibility index (Phi) is 19.9. The van der Waals surface area contributed by atoms with Crippen molar-refractivity contribution in [3.63, 3.8) is 0 Å². The zero-order chi connectivity index (χ0) is 60.8. The van der Waals surface area contributed by atoms with E-state index in [1.807, 2.05) is 105 Å². The number of anilines is 1. The molecule has 2 aliphatic heterocycles. The van der Waals surface area contributed by atoms with Gasteiger partial charge in [0.25, 0.3) is 11.8 Å². The summed E-state index contributed by atoms with van der Waals surface area (Å²) in [5.41, 5.74) is 5.58. The van der Waals surface area contributed by atoms with E-state index in [2.05, 4.69) is 54.7 Å². The van der Waals surface area contributed by atoms with Crippen LogP contribution in [0, 0.1) is 16.7 Å². The Morgan fingerprint density at radius 3 is 1.65 bits per heavy atom. The number of nitrogens with zero attached hydrogens (tertiary/aromatic N) is 2. The average molecular weight is 1150 g/mol. The van der Waals surface area contributed by atoms with Crippen LogP contribution in [0.3, 0.4) is 0 Å². The summed E-state index contributed by atoms with van der Waals surface area (Å²) >= 11 is 0. The van der Waals surface area contributed by atoms with Crippen LogP contribution in [0.25, 0.3) is 0 Å². The van der Waals surface area contributed by atoms with E-state index in [9.17, 15) is 38.4 Å². The van der Waals surface area contributed by atoms with Crippen molar-refractivity contribution in [1.82, 2.24) is 47.0 Å². The van der Waals surface area contributed by atoms with Gasteiger partial charge in [0.2, 0.25) is 35.4 Å². The predicted molar refractivity (Wildman–Crippen MR) is 324 cm³/mol. The second kappa shape index (κ2) is 26.6. The van der Waals surface area contributed by atoms with Crippen molar-refractivity contribution in [2.45, 2.75) is 182 Å². The summed E-state index contributed by atoms with van der Waals surface area (Å²) in [6.45, 7) is 19.4. The molecule has 18 heteroatoms. The first-order valence-corrected chi connectivity index (χ1v) is 30.1. The lowest BCUT2D eigenvalue weighted by Crippen LogP contribution is -2.62. The van der Waals surface area contributed by atoms with Gasteiger partial charge < -0.3 is 52.3 Å². The van der Waals surface area contributed by atoms with Crippen LogP contribution in [0.15, 0.2) is 91.0 Å². The monoisotopic (exact) mass is 1150 g/mol. The standard InChI is InChI=1S/C66H88N10O8/c1-12-68-39(4)57(77)73-55(65(5,6)7)63(83)75-36-45-33-46(32-31-44(45)34-52(75)60(80)71-50-25-17-21-40-19-13-15-23-48(40)50)69-58(78)42-27-29-43(30-28-42)59(79)70-47-35-53(61(81)72-51-26-18-22-41-20-14-16-24-49(41)51)76(37-47)64(84)56(66(8,9)10)74-62(82)54(67-11)38(2)3/h13-16,19-20,23-24,27-33,38-39,47,50-56,67-68H,12,17-18,21-22,25-26,34-37H2,1-11H3,(H,69,78)(H,70,79)(H,71,80)(H,72,81)(H,73,77)(H,74,82)/t39-,47?,50?,51?,52?,53?,54?,55?,56?/m0/s1. The van der Waals surface area contributed by atoms with Crippen LogP contribution in [-0.2, 0) is 54.6 Å². The number of nitrogens with one attached hydrogen (secondary N) is 8. The van der Waals surface area contributed by atoms with E-state index in [-0.39, 0.29) is 78.7 Å². The van der Waals surface area contributed by atoms with Crippen molar-refractivity contribution in [3.05, 3.63) is 136 Å². The molecule has 2 heterocycles. The molecule has 0 radical (unpaired) electrons. The molecule has 9 atom stereocenters. The number of carbonyl (C=O) groups is 8. The maximum atomic E-state index is 15.0. The zero-order valence-corrected chi connectivity index (χ0v) is 50.9. The van der Waals surface area contributed by atoms with Crippen molar-refractivity contribution >= 4 is 52.9 Å². The molecule has 18 nitrogen and oxygen atoms in total. The number of aryl methyl sites for hydroxylation is 2. The summed E-state index contributed by atoms with van der Waals surface area (Å²) in [7, 11) is 1.70.